The molecule has 3 rings (SSSR count). The molecule has 158 valence electrons. The van der Waals surface area contributed by atoms with Gasteiger partial charge in [0.05, 0.1) is 24.3 Å². The van der Waals surface area contributed by atoms with Gasteiger partial charge in [-0.1, -0.05) is 35.9 Å². The van der Waals surface area contributed by atoms with E-state index < -0.39 is 0 Å². The summed E-state index contributed by atoms with van der Waals surface area (Å²) in [6.45, 7) is 7.37. The number of halogens is 1. The van der Waals surface area contributed by atoms with Crippen LogP contribution in [0.25, 0.3) is 0 Å². The molecular weight excluding hydrogens is 386 g/mol. The molecule has 0 saturated carbocycles. The average Bonchev–Trinajstić information content (AvgIpc) is 2.99. The van der Waals surface area contributed by atoms with Gasteiger partial charge in [0, 0.05) is 59.2 Å². The molecule has 29 heavy (non-hydrogen) atoms. The monoisotopic (exact) mass is 417 g/mol. The van der Waals surface area contributed by atoms with E-state index in [4.69, 9.17) is 16.3 Å². The van der Waals surface area contributed by atoms with Crippen molar-refractivity contribution in [3.63, 3.8) is 0 Å². The van der Waals surface area contributed by atoms with Crippen molar-refractivity contribution in [3.8, 4) is 0 Å². The Labute approximate surface area is 179 Å². The van der Waals surface area contributed by atoms with Crippen molar-refractivity contribution in [1.29, 1.82) is 0 Å². The largest absolute Gasteiger partial charge is 0.376 e. The van der Waals surface area contributed by atoms with Gasteiger partial charge in [0.2, 0.25) is 0 Å². The summed E-state index contributed by atoms with van der Waals surface area (Å²) in [4.78, 5) is 8.99. The summed E-state index contributed by atoms with van der Waals surface area (Å²) < 4.78 is 7.69. The number of aryl methyl sites for hydroxylation is 1. The van der Waals surface area contributed by atoms with Gasteiger partial charge in [0.15, 0.2) is 5.96 Å². The lowest BCUT2D eigenvalue weighted by atomic mass is 10.1. The summed E-state index contributed by atoms with van der Waals surface area (Å²) in [7, 11) is 5.85. The molecular formula is C22H32ClN5O. The highest BCUT2D eigenvalue weighted by Crippen LogP contribution is 2.15. The molecule has 2 aromatic rings. The maximum absolute atomic E-state index is 6.10. The molecule has 0 spiro atoms. The van der Waals surface area contributed by atoms with Gasteiger partial charge < -0.3 is 19.5 Å². The van der Waals surface area contributed by atoms with E-state index in [1.165, 1.54) is 11.1 Å². The van der Waals surface area contributed by atoms with Crippen LogP contribution in [0.4, 0.5) is 0 Å². The van der Waals surface area contributed by atoms with E-state index >= 15 is 0 Å². The number of ether oxygens (including phenoxy) is 1. The van der Waals surface area contributed by atoms with E-state index in [1.54, 1.807) is 0 Å². The molecule has 6 nitrogen and oxygen atoms in total. The lowest BCUT2D eigenvalue weighted by molar-refractivity contribution is -0.0212. The quantitative estimate of drug-likeness (QED) is 0.579. The molecule has 0 bridgehead atoms. The highest BCUT2D eigenvalue weighted by Gasteiger charge is 2.16. The molecule has 0 aliphatic carbocycles. The predicted molar refractivity (Wildman–Crippen MR) is 119 cm³/mol. The van der Waals surface area contributed by atoms with Crippen LogP contribution in [0.15, 0.2) is 41.5 Å². The molecule has 1 N–H and O–H groups in total. The minimum absolute atomic E-state index is 0.312. The fraction of sp³-hybridized carbons (Fsp3) is 0.500. The Balaban J connectivity index is 1.55. The molecule has 1 aliphatic rings. The molecule has 7 heteroatoms. The number of nitrogens with one attached hydrogen (secondary N) is 1. The summed E-state index contributed by atoms with van der Waals surface area (Å²) in [6.07, 6.45) is 2.23. The van der Waals surface area contributed by atoms with Crippen LogP contribution >= 0.6 is 11.6 Å². The second-order valence-corrected chi connectivity index (χ2v) is 8.19. The van der Waals surface area contributed by atoms with Crippen molar-refractivity contribution in [2.24, 2.45) is 12.0 Å². The second kappa shape index (κ2) is 10.1. The Morgan fingerprint density at radius 1 is 1.34 bits per heavy atom. The molecule has 1 fully saturated rings. The number of guanidine groups is 1. The van der Waals surface area contributed by atoms with Gasteiger partial charge in [-0.15, -0.1) is 0 Å². The molecule has 1 aromatic carbocycles. The van der Waals surface area contributed by atoms with Crippen molar-refractivity contribution < 1.29 is 4.74 Å². The molecule has 1 saturated heterocycles. The number of hydrogen-bond donors (Lipinski definition) is 1. The first-order chi connectivity index (χ1) is 13.9. The minimum atomic E-state index is 0.312. The molecule has 2 heterocycles. The summed E-state index contributed by atoms with van der Waals surface area (Å²) >= 11 is 6.10. The number of aromatic nitrogens is 1. The van der Waals surface area contributed by atoms with E-state index in [9.17, 15) is 0 Å². The third kappa shape index (κ3) is 6.23. The summed E-state index contributed by atoms with van der Waals surface area (Å²) in [5.41, 5.74) is 3.72. The lowest BCUT2D eigenvalue weighted by Crippen LogP contribution is -2.40. The first kappa shape index (κ1) is 21.7. The average molecular weight is 418 g/mol. The predicted octanol–water partition coefficient (Wildman–Crippen LogP) is 3.11. The third-order valence-corrected chi connectivity index (χ3v) is 5.43. The maximum Gasteiger partial charge on any atom is 0.194 e. The van der Waals surface area contributed by atoms with Crippen LogP contribution in [0.1, 0.15) is 23.7 Å². The Morgan fingerprint density at radius 3 is 2.83 bits per heavy atom. The van der Waals surface area contributed by atoms with Crippen LogP contribution in [0.3, 0.4) is 0 Å². The van der Waals surface area contributed by atoms with Gasteiger partial charge >= 0.3 is 0 Å². The number of benzene rings is 1. The van der Waals surface area contributed by atoms with Gasteiger partial charge in [-0.05, 0) is 24.1 Å². The number of rotatable bonds is 6. The topological polar surface area (TPSA) is 45.0 Å². The van der Waals surface area contributed by atoms with E-state index in [-0.39, 0.29) is 0 Å². The SMILES string of the molecule is CN=C(NCc1cccc(CN2CCOC(C)C2)c1)N(C)Cc1cc(Cl)cn1C. The first-order valence-electron chi connectivity index (χ1n) is 10.1. The minimum Gasteiger partial charge on any atom is -0.376 e. The van der Waals surface area contributed by atoms with Crippen LogP contribution in [0.2, 0.25) is 5.02 Å². The normalized spacial score (nSPS) is 18.1. The highest BCUT2D eigenvalue weighted by molar-refractivity contribution is 6.30. The maximum atomic E-state index is 6.10. The Morgan fingerprint density at radius 2 is 2.14 bits per heavy atom. The molecule has 0 amide bonds. The van der Waals surface area contributed by atoms with Gasteiger partial charge in [0.25, 0.3) is 0 Å². The number of nitrogens with zero attached hydrogens (tertiary/aromatic N) is 4. The van der Waals surface area contributed by atoms with E-state index in [2.05, 4.69) is 51.3 Å². The van der Waals surface area contributed by atoms with Crippen molar-refractivity contribution in [2.45, 2.75) is 32.7 Å². The Hall–Kier alpha value is -2.02. The lowest BCUT2D eigenvalue weighted by Gasteiger charge is -2.31. The Bertz CT molecular complexity index is 834. The molecule has 1 unspecified atom stereocenters. The smallest absolute Gasteiger partial charge is 0.194 e. The van der Waals surface area contributed by atoms with E-state index in [0.29, 0.717) is 6.10 Å². The van der Waals surface area contributed by atoms with Crippen molar-refractivity contribution in [2.75, 3.05) is 33.8 Å². The zero-order chi connectivity index (χ0) is 20.8. The van der Waals surface area contributed by atoms with Gasteiger partial charge in [-0.3, -0.25) is 9.89 Å². The van der Waals surface area contributed by atoms with Crippen LogP contribution in [-0.4, -0.2) is 60.2 Å². The van der Waals surface area contributed by atoms with Crippen molar-refractivity contribution in [3.05, 3.63) is 58.4 Å². The Kier molecular flexibility index (Phi) is 7.58. The first-order valence-corrected chi connectivity index (χ1v) is 10.5. The molecule has 0 radical (unpaired) electrons. The van der Waals surface area contributed by atoms with Crippen LogP contribution in [0.5, 0.6) is 0 Å². The van der Waals surface area contributed by atoms with Crippen LogP contribution in [0, 0.1) is 0 Å². The third-order valence-electron chi connectivity index (χ3n) is 5.22. The number of hydrogen-bond acceptors (Lipinski definition) is 3. The van der Waals surface area contributed by atoms with Crippen LogP contribution in [-0.2, 0) is 31.4 Å². The number of aliphatic imine (C=N–C) groups is 1. The second-order valence-electron chi connectivity index (χ2n) is 7.75. The molecule has 1 aromatic heterocycles. The van der Waals surface area contributed by atoms with E-state index in [0.717, 1.165) is 56.0 Å². The summed E-state index contributed by atoms with van der Waals surface area (Å²) in [5.74, 6) is 0.856. The van der Waals surface area contributed by atoms with Crippen LogP contribution < -0.4 is 5.32 Å². The fourth-order valence-electron chi connectivity index (χ4n) is 3.74. The fourth-order valence-corrected chi connectivity index (χ4v) is 4.01. The molecule has 1 atom stereocenters. The number of morpholine rings is 1. The van der Waals surface area contributed by atoms with E-state index in [1.807, 2.05) is 38.0 Å². The van der Waals surface area contributed by atoms with Crippen molar-refractivity contribution in [1.82, 2.24) is 19.7 Å². The van der Waals surface area contributed by atoms with Gasteiger partial charge in [-0.2, -0.15) is 0 Å². The summed E-state index contributed by atoms with van der Waals surface area (Å²) in [5, 5.41) is 4.22. The summed E-state index contributed by atoms with van der Waals surface area (Å²) in [6, 6.07) is 10.7. The zero-order valence-electron chi connectivity index (χ0n) is 17.9. The standard InChI is InChI=1S/C22H32ClN5O/c1-17-13-28(8-9-29-17)14-19-7-5-6-18(10-19)12-25-22(24-2)27(4)16-21-11-20(23)15-26(21)3/h5-7,10-11,15,17H,8-9,12-14,16H2,1-4H3,(H,24,25). The highest BCUT2D eigenvalue weighted by atomic mass is 35.5. The van der Waals surface area contributed by atoms with Crippen molar-refractivity contribution >= 4 is 17.6 Å². The zero-order valence-corrected chi connectivity index (χ0v) is 18.6. The molecule has 1 aliphatic heterocycles. The van der Waals surface area contributed by atoms with Gasteiger partial charge in [-0.25, -0.2) is 0 Å². The van der Waals surface area contributed by atoms with Gasteiger partial charge in [0.1, 0.15) is 0 Å².